The number of esters is 1. The largest absolute Gasteiger partial charge is 0.691 e. The molecule has 0 N–H and O–H groups in total. The zero-order chi connectivity index (χ0) is 16.9. The SMILES string of the molecule is O=C(OC12CC3CC(CC(C3)C1)C2)C(F)(SOO[O-])C(F)(F)F. The lowest BCUT2D eigenvalue weighted by Crippen LogP contribution is -2.56. The van der Waals surface area contributed by atoms with Crippen molar-refractivity contribution in [2.45, 2.75) is 55.3 Å². The van der Waals surface area contributed by atoms with Gasteiger partial charge in [0.1, 0.15) is 5.60 Å². The first-order valence-corrected chi connectivity index (χ1v) is 8.05. The van der Waals surface area contributed by atoms with E-state index in [0.717, 1.165) is 19.3 Å². The molecule has 10 heteroatoms. The molecule has 132 valence electrons. The highest BCUT2D eigenvalue weighted by molar-refractivity contribution is 7.96. The molecule has 0 aliphatic heterocycles. The molecule has 0 spiro atoms. The molecule has 4 rings (SSSR count). The number of alkyl halides is 4. The second kappa shape index (κ2) is 5.75. The zero-order valence-corrected chi connectivity index (χ0v) is 12.8. The van der Waals surface area contributed by atoms with Crippen molar-refractivity contribution in [1.29, 1.82) is 0 Å². The molecule has 4 aliphatic carbocycles. The van der Waals surface area contributed by atoms with Gasteiger partial charge in [-0.15, -0.1) is 0 Å². The Labute approximate surface area is 133 Å². The average Bonchev–Trinajstić information content (AvgIpc) is 2.41. The van der Waals surface area contributed by atoms with Crippen LogP contribution in [0.4, 0.5) is 17.6 Å². The molecule has 0 aromatic carbocycles. The molecule has 4 fully saturated rings. The number of halogens is 4. The van der Waals surface area contributed by atoms with Crippen LogP contribution >= 0.6 is 12.0 Å². The van der Waals surface area contributed by atoms with Crippen LogP contribution in [0.3, 0.4) is 0 Å². The van der Waals surface area contributed by atoms with E-state index >= 15 is 0 Å². The van der Waals surface area contributed by atoms with Gasteiger partial charge in [0.05, 0.1) is 12.0 Å². The molecular weight excluding hydrogens is 344 g/mol. The molecule has 0 saturated heterocycles. The van der Waals surface area contributed by atoms with Crippen molar-refractivity contribution < 1.29 is 41.7 Å². The third-order valence-corrected chi connectivity index (χ3v) is 5.85. The Morgan fingerprint density at radius 2 is 1.52 bits per heavy atom. The van der Waals surface area contributed by atoms with E-state index in [4.69, 9.17) is 4.74 Å². The summed E-state index contributed by atoms with van der Waals surface area (Å²) in [5.74, 6) is -1.16. The zero-order valence-electron chi connectivity index (χ0n) is 11.9. The summed E-state index contributed by atoms with van der Waals surface area (Å²) in [5, 5.41) is 7.95. The van der Waals surface area contributed by atoms with Crippen molar-refractivity contribution in [2.24, 2.45) is 17.8 Å². The molecule has 4 saturated carbocycles. The number of carbonyl (C=O) groups excluding carboxylic acids is 1. The Bertz CT molecular complexity index is 450. The normalized spacial score (nSPS) is 38.4. The Morgan fingerprint density at radius 1 is 1.04 bits per heavy atom. The van der Waals surface area contributed by atoms with Crippen molar-refractivity contribution >= 4 is 18.0 Å². The summed E-state index contributed by atoms with van der Waals surface area (Å²) in [4.78, 5) is 11.9. The van der Waals surface area contributed by atoms with Crippen molar-refractivity contribution in [2.75, 3.05) is 0 Å². The number of hydrogen-bond donors (Lipinski definition) is 0. The molecule has 23 heavy (non-hydrogen) atoms. The fourth-order valence-corrected chi connectivity index (χ4v) is 5.00. The molecule has 1 unspecified atom stereocenters. The summed E-state index contributed by atoms with van der Waals surface area (Å²) < 4.78 is 61.4. The van der Waals surface area contributed by atoms with Gasteiger partial charge in [0, 0.05) is 0 Å². The van der Waals surface area contributed by atoms with Crippen LogP contribution in [-0.4, -0.2) is 22.7 Å². The molecule has 1 atom stereocenters. The van der Waals surface area contributed by atoms with Crippen LogP contribution in [0.25, 0.3) is 0 Å². The maximum atomic E-state index is 14.2. The summed E-state index contributed by atoms with van der Waals surface area (Å²) in [6.45, 7) is 0. The second-order valence-corrected chi connectivity index (χ2v) is 7.67. The van der Waals surface area contributed by atoms with Gasteiger partial charge >= 0.3 is 17.1 Å². The monoisotopic (exact) mass is 359 g/mol. The number of ether oxygens (including phenoxy) is 1. The van der Waals surface area contributed by atoms with Crippen LogP contribution in [0.1, 0.15) is 38.5 Å². The van der Waals surface area contributed by atoms with Crippen LogP contribution in [-0.2, 0) is 18.9 Å². The van der Waals surface area contributed by atoms with Crippen molar-refractivity contribution in [1.82, 2.24) is 0 Å². The molecule has 0 radical (unpaired) electrons. The predicted molar refractivity (Wildman–Crippen MR) is 66.7 cm³/mol. The van der Waals surface area contributed by atoms with Gasteiger partial charge in [-0.25, -0.2) is 9.18 Å². The lowest BCUT2D eigenvalue weighted by molar-refractivity contribution is -0.777. The fourth-order valence-electron chi connectivity index (χ4n) is 4.68. The van der Waals surface area contributed by atoms with E-state index < -0.39 is 34.8 Å². The van der Waals surface area contributed by atoms with Gasteiger partial charge in [-0.2, -0.15) is 17.5 Å². The van der Waals surface area contributed by atoms with Crippen LogP contribution in [0.15, 0.2) is 0 Å². The maximum absolute atomic E-state index is 14.2. The topological polar surface area (TPSA) is 67.8 Å². The van der Waals surface area contributed by atoms with Crippen LogP contribution in [0, 0.1) is 17.8 Å². The van der Waals surface area contributed by atoms with Gasteiger partial charge in [0.25, 0.3) is 0 Å². The Morgan fingerprint density at radius 3 is 1.91 bits per heavy atom. The van der Waals surface area contributed by atoms with E-state index in [-0.39, 0.29) is 0 Å². The molecule has 0 heterocycles. The minimum Gasteiger partial charge on any atom is -0.691 e. The van der Waals surface area contributed by atoms with Gasteiger partial charge < -0.3 is 9.99 Å². The highest BCUT2D eigenvalue weighted by Gasteiger charge is 2.67. The highest BCUT2D eigenvalue weighted by Crippen LogP contribution is 2.58. The number of carbonyl (C=O) groups is 1. The van der Waals surface area contributed by atoms with E-state index in [1.165, 1.54) is 0 Å². The van der Waals surface area contributed by atoms with Gasteiger partial charge in [-0.1, -0.05) is 0 Å². The summed E-state index contributed by atoms with van der Waals surface area (Å²) in [6.07, 6.45) is -1.27. The van der Waals surface area contributed by atoms with Gasteiger partial charge in [-0.3, -0.25) is 5.04 Å². The highest BCUT2D eigenvalue weighted by atomic mass is 32.2. The van der Waals surface area contributed by atoms with E-state index in [1.807, 2.05) is 0 Å². The minimum atomic E-state index is -5.60. The van der Waals surface area contributed by atoms with Crippen molar-refractivity contribution in [3.05, 3.63) is 0 Å². The second-order valence-electron chi connectivity index (χ2n) is 6.80. The summed E-state index contributed by atoms with van der Waals surface area (Å²) in [5.41, 5.74) is -1.03. The Hall–Kier alpha value is -0.580. The standard InChI is InChI=1S/C13H16F4O5S/c14-12(13(15,16)17,23-22-21-19)10(18)20-11-4-7-1-8(5-11)3-9(2-7)6-11/h7-9,19H,1-6H2/p-1. The first kappa shape index (κ1) is 17.2. The molecule has 0 amide bonds. The summed E-state index contributed by atoms with van der Waals surface area (Å²) in [6, 6.07) is 0. The van der Waals surface area contributed by atoms with Gasteiger partial charge in [0.15, 0.2) is 0 Å². The lowest BCUT2D eigenvalue weighted by atomic mass is 9.54. The summed E-state index contributed by atoms with van der Waals surface area (Å²) >= 11 is -1.03. The third kappa shape index (κ3) is 3.06. The van der Waals surface area contributed by atoms with Gasteiger partial charge in [-0.05, 0) is 56.3 Å². The lowest BCUT2D eigenvalue weighted by Gasteiger charge is -2.55. The molecular formula is C13H15F4O5S-. The van der Waals surface area contributed by atoms with E-state index in [9.17, 15) is 27.6 Å². The maximum Gasteiger partial charge on any atom is 0.446 e. The quantitative estimate of drug-likeness (QED) is 0.247. The summed E-state index contributed by atoms with van der Waals surface area (Å²) in [7, 11) is 0. The van der Waals surface area contributed by atoms with E-state index in [2.05, 4.69) is 9.37 Å². The smallest absolute Gasteiger partial charge is 0.446 e. The third-order valence-electron chi connectivity index (χ3n) is 5.10. The Kier molecular flexibility index (Phi) is 4.31. The molecule has 4 aliphatic rings. The van der Waals surface area contributed by atoms with Crippen LogP contribution in [0.5, 0.6) is 0 Å². The van der Waals surface area contributed by atoms with E-state index in [0.29, 0.717) is 37.0 Å². The van der Waals surface area contributed by atoms with Gasteiger partial charge in [0.2, 0.25) is 0 Å². The fraction of sp³-hybridized carbons (Fsp3) is 0.923. The molecule has 0 aromatic rings. The first-order valence-electron chi connectivity index (χ1n) is 7.31. The molecule has 4 bridgehead atoms. The number of rotatable bonds is 5. The Balaban J connectivity index is 1.76. The molecule has 0 aromatic heterocycles. The van der Waals surface area contributed by atoms with E-state index in [1.54, 1.807) is 0 Å². The number of hydrogen-bond acceptors (Lipinski definition) is 6. The van der Waals surface area contributed by atoms with Crippen molar-refractivity contribution in [3.8, 4) is 0 Å². The predicted octanol–water partition coefficient (Wildman–Crippen LogP) is 2.60. The van der Waals surface area contributed by atoms with Crippen molar-refractivity contribution in [3.63, 3.8) is 0 Å². The minimum absolute atomic E-state index is 0.308. The first-order chi connectivity index (χ1) is 10.7. The average molecular weight is 359 g/mol. The van der Waals surface area contributed by atoms with Crippen LogP contribution in [0.2, 0.25) is 0 Å². The molecule has 5 nitrogen and oxygen atoms in total. The van der Waals surface area contributed by atoms with Crippen LogP contribution < -0.4 is 5.26 Å².